The lowest BCUT2D eigenvalue weighted by atomic mass is 9.87. The largest absolute Gasteiger partial charge is 0.493 e. The molecule has 210 valence electrons. The number of piperidine rings is 1. The molecule has 9 heteroatoms. The van der Waals surface area contributed by atoms with Crippen molar-refractivity contribution in [2.24, 2.45) is 17.6 Å². The number of halogens is 2. The Labute approximate surface area is 230 Å². The summed E-state index contributed by atoms with van der Waals surface area (Å²) in [6.07, 6.45) is 5.52. The van der Waals surface area contributed by atoms with Crippen LogP contribution in [0.1, 0.15) is 69.7 Å². The Morgan fingerprint density at radius 3 is 2.56 bits per heavy atom. The van der Waals surface area contributed by atoms with Crippen molar-refractivity contribution in [3.05, 3.63) is 29.8 Å². The maximum atomic E-state index is 12.9. The minimum atomic E-state index is -0.565. The van der Waals surface area contributed by atoms with Gasteiger partial charge in [-0.05, 0) is 69.5 Å². The number of ether oxygens (including phenoxy) is 2. The molecule has 1 amide bonds. The zero-order valence-corrected chi connectivity index (χ0v) is 24.1. The fourth-order valence-electron chi connectivity index (χ4n) is 4.53. The molecule has 1 aliphatic rings. The van der Waals surface area contributed by atoms with E-state index in [0.717, 1.165) is 19.4 Å². The van der Waals surface area contributed by atoms with Crippen LogP contribution in [-0.2, 0) is 4.74 Å². The highest BCUT2D eigenvalue weighted by Gasteiger charge is 2.27. The van der Waals surface area contributed by atoms with Gasteiger partial charge in [-0.3, -0.25) is 9.69 Å². The first-order chi connectivity index (χ1) is 16.3. The second-order valence-electron chi connectivity index (χ2n) is 10.1. The number of hydrogen-bond donors (Lipinski definition) is 3. The number of β-amino-alcohol motifs (C(OH)–C–C–N with tert-alkyl or cyclic N) is 1. The quantitative estimate of drug-likeness (QED) is 0.282. The summed E-state index contributed by atoms with van der Waals surface area (Å²) < 4.78 is 10.9. The first-order valence-corrected chi connectivity index (χ1v) is 13.0. The SMILES string of the molecule is COCCCCOc1ccccc1C(=O)NC[C@@H](C[C@H](N)[C@@H](O)CN1CCCC[C@@H]1C)C(C)C.Cl.Cl. The highest BCUT2D eigenvalue weighted by molar-refractivity contribution is 5.96. The molecule has 0 aliphatic carbocycles. The van der Waals surface area contributed by atoms with Crippen LogP contribution >= 0.6 is 24.8 Å². The van der Waals surface area contributed by atoms with Crippen molar-refractivity contribution in [3.63, 3.8) is 0 Å². The number of nitrogens with zero attached hydrogens (tertiary/aromatic N) is 1. The maximum absolute atomic E-state index is 12.9. The molecule has 1 heterocycles. The van der Waals surface area contributed by atoms with Gasteiger partial charge in [-0.1, -0.05) is 32.4 Å². The van der Waals surface area contributed by atoms with Crippen LogP contribution in [0.5, 0.6) is 5.75 Å². The van der Waals surface area contributed by atoms with Crippen molar-refractivity contribution < 1.29 is 19.4 Å². The summed E-state index contributed by atoms with van der Waals surface area (Å²) in [5, 5.41) is 13.8. The topological polar surface area (TPSA) is 97.0 Å². The predicted molar refractivity (Wildman–Crippen MR) is 152 cm³/mol. The normalized spacial score (nSPS) is 18.5. The molecule has 0 saturated carbocycles. The Balaban J connectivity index is 0.00000612. The van der Waals surface area contributed by atoms with E-state index in [1.165, 1.54) is 19.3 Å². The number of aliphatic hydroxyl groups is 1. The van der Waals surface area contributed by atoms with Gasteiger partial charge in [0, 0.05) is 38.9 Å². The van der Waals surface area contributed by atoms with Crippen molar-refractivity contribution in [2.45, 2.75) is 77.5 Å². The molecule has 2 rings (SSSR count). The second-order valence-corrected chi connectivity index (χ2v) is 10.1. The van der Waals surface area contributed by atoms with Crippen LogP contribution in [0.25, 0.3) is 0 Å². The Hall–Kier alpha value is -1.09. The fourth-order valence-corrected chi connectivity index (χ4v) is 4.53. The number of nitrogens with two attached hydrogens (primary N) is 1. The van der Waals surface area contributed by atoms with E-state index in [0.29, 0.717) is 56.0 Å². The molecular formula is C27H49Cl2N3O4. The molecule has 1 aromatic carbocycles. The van der Waals surface area contributed by atoms with Crippen LogP contribution in [0.15, 0.2) is 24.3 Å². The molecule has 4 atom stereocenters. The third-order valence-electron chi connectivity index (χ3n) is 7.03. The van der Waals surface area contributed by atoms with E-state index >= 15 is 0 Å². The van der Waals surface area contributed by atoms with Gasteiger partial charge in [-0.25, -0.2) is 0 Å². The Morgan fingerprint density at radius 2 is 1.89 bits per heavy atom. The molecule has 1 saturated heterocycles. The summed E-state index contributed by atoms with van der Waals surface area (Å²) in [5.41, 5.74) is 6.97. The van der Waals surface area contributed by atoms with Crippen LogP contribution in [-0.4, -0.2) is 74.1 Å². The average molecular weight is 551 g/mol. The Morgan fingerprint density at radius 1 is 1.19 bits per heavy atom. The number of aliphatic hydroxyl groups excluding tert-OH is 1. The number of amides is 1. The van der Waals surface area contributed by atoms with Crippen LogP contribution in [0.2, 0.25) is 0 Å². The number of carbonyl (C=O) groups is 1. The minimum Gasteiger partial charge on any atom is -0.493 e. The van der Waals surface area contributed by atoms with Crippen molar-refractivity contribution in [1.29, 1.82) is 0 Å². The predicted octanol–water partition coefficient (Wildman–Crippen LogP) is 4.29. The van der Waals surface area contributed by atoms with Gasteiger partial charge in [0.1, 0.15) is 5.75 Å². The van der Waals surface area contributed by atoms with Crippen LogP contribution in [0, 0.1) is 11.8 Å². The number of rotatable bonds is 15. The van der Waals surface area contributed by atoms with E-state index < -0.39 is 6.10 Å². The summed E-state index contributed by atoms with van der Waals surface area (Å²) in [5.74, 6) is 0.963. The third-order valence-corrected chi connectivity index (χ3v) is 7.03. The van der Waals surface area contributed by atoms with Gasteiger partial charge in [0.05, 0.1) is 18.3 Å². The van der Waals surface area contributed by atoms with Crippen molar-refractivity contribution >= 4 is 30.7 Å². The number of carbonyl (C=O) groups excluding carboxylic acids is 1. The second kappa shape index (κ2) is 19.0. The van der Waals surface area contributed by atoms with Gasteiger partial charge in [0.25, 0.3) is 5.91 Å². The first kappa shape index (κ1) is 34.9. The lowest BCUT2D eigenvalue weighted by Gasteiger charge is -2.36. The van der Waals surface area contributed by atoms with Gasteiger partial charge in [-0.2, -0.15) is 0 Å². The van der Waals surface area contributed by atoms with E-state index in [1.807, 2.05) is 18.2 Å². The minimum absolute atomic E-state index is 0. The number of nitrogens with one attached hydrogen (secondary N) is 1. The molecule has 1 fully saturated rings. The van der Waals surface area contributed by atoms with Gasteiger partial charge in [-0.15, -0.1) is 24.8 Å². The van der Waals surface area contributed by atoms with Crippen molar-refractivity contribution in [2.75, 3.05) is 40.0 Å². The van der Waals surface area contributed by atoms with Crippen LogP contribution in [0.3, 0.4) is 0 Å². The number of benzene rings is 1. The summed E-state index contributed by atoms with van der Waals surface area (Å²) >= 11 is 0. The number of para-hydroxylation sites is 1. The molecule has 0 radical (unpaired) electrons. The fraction of sp³-hybridized carbons (Fsp3) is 0.741. The molecule has 7 nitrogen and oxygen atoms in total. The summed E-state index contributed by atoms with van der Waals surface area (Å²) in [6.45, 7) is 9.92. The molecule has 0 bridgehead atoms. The zero-order chi connectivity index (χ0) is 24.9. The lowest BCUT2D eigenvalue weighted by Crippen LogP contribution is -2.49. The van der Waals surface area contributed by atoms with Gasteiger partial charge in [0.15, 0.2) is 0 Å². The van der Waals surface area contributed by atoms with E-state index in [9.17, 15) is 9.90 Å². The average Bonchev–Trinajstić information content (AvgIpc) is 2.82. The number of likely N-dealkylation sites (tertiary alicyclic amines) is 1. The third kappa shape index (κ3) is 12.0. The van der Waals surface area contributed by atoms with E-state index in [2.05, 4.69) is 31.0 Å². The summed E-state index contributed by atoms with van der Waals surface area (Å²) in [7, 11) is 1.69. The monoisotopic (exact) mass is 549 g/mol. The molecular weight excluding hydrogens is 501 g/mol. The standard InChI is InChI=1S/C27H47N3O4.2ClH/c1-20(2)22(17-24(28)25(31)19-30-14-8-7-11-21(30)3)18-29-27(32)23-12-5-6-13-26(23)34-16-10-9-15-33-4;;/h5-6,12-13,20-22,24-25,31H,7-11,14-19,28H2,1-4H3,(H,29,32);2*1H/t21-,22+,24-,25-;;/m0../s1. The molecule has 0 aromatic heterocycles. The molecule has 36 heavy (non-hydrogen) atoms. The molecule has 0 unspecified atom stereocenters. The first-order valence-electron chi connectivity index (χ1n) is 13.0. The van der Waals surface area contributed by atoms with Crippen molar-refractivity contribution in [3.8, 4) is 5.75 Å². The molecule has 1 aromatic rings. The van der Waals surface area contributed by atoms with Crippen LogP contribution < -0.4 is 15.8 Å². The number of methoxy groups -OCH3 is 1. The lowest BCUT2D eigenvalue weighted by molar-refractivity contribution is 0.0514. The molecule has 1 aliphatic heterocycles. The smallest absolute Gasteiger partial charge is 0.255 e. The summed E-state index contributed by atoms with van der Waals surface area (Å²) in [4.78, 5) is 15.3. The highest BCUT2D eigenvalue weighted by atomic mass is 35.5. The Bertz CT molecular complexity index is 726. The van der Waals surface area contributed by atoms with Crippen LogP contribution in [0.4, 0.5) is 0 Å². The van der Waals surface area contributed by atoms with Gasteiger partial charge < -0.3 is 25.6 Å². The highest BCUT2D eigenvalue weighted by Crippen LogP contribution is 2.22. The molecule has 0 spiro atoms. The number of hydrogen-bond acceptors (Lipinski definition) is 6. The zero-order valence-electron chi connectivity index (χ0n) is 22.5. The van der Waals surface area contributed by atoms with Crippen molar-refractivity contribution in [1.82, 2.24) is 10.2 Å². The van der Waals surface area contributed by atoms with Gasteiger partial charge >= 0.3 is 0 Å². The van der Waals surface area contributed by atoms with E-state index in [1.54, 1.807) is 13.2 Å². The molecule has 4 N–H and O–H groups in total. The van der Waals surface area contributed by atoms with E-state index in [4.69, 9.17) is 15.2 Å². The van der Waals surface area contributed by atoms with E-state index in [-0.39, 0.29) is 42.7 Å². The maximum Gasteiger partial charge on any atom is 0.255 e. The Kier molecular flexibility index (Phi) is 18.5. The summed E-state index contributed by atoms with van der Waals surface area (Å²) in [6, 6.07) is 7.53. The number of unbranched alkanes of at least 4 members (excludes halogenated alkanes) is 1. The van der Waals surface area contributed by atoms with Gasteiger partial charge in [0.2, 0.25) is 0 Å².